The maximum absolute atomic E-state index is 13.8. The molecular formula is C32H38N4O4. The maximum atomic E-state index is 13.8. The number of hydrogen-bond acceptors (Lipinski definition) is 6. The Hall–Kier alpha value is -3.91. The zero-order valence-corrected chi connectivity index (χ0v) is 23.4. The highest BCUT2D eigenvalue weighted by Crippen LogP contribution is 2.32. The monoisotopic (exact) mass is 542 g/mol. The lowest BCUT2D eigenvalue weighted by Gasteiger charge is -2.44. The Morgan fingerprint density at radius 1 is 0.925 bits per heavy atom. The number of carbonyl (C=O) groups excluding carboxylic acids is 2. The first-order valence-corrected chi connectivity index (χ1v) is 14.1. The van der Waals surface area contributed by atoms with Crippen molar-refractivity contribution in [2.75, 3.05) is 31.7 Å². The van der Waals surface area contributed by atoms with Gasteiger partial charge in [-0.25, -0.2) is 0 Å². The van der Waals surface area contributed by atoms with Gasteiger partial charge >= 0.3 is 0 Å². The molecule has 1 aromatic heterocycles. The van der Waals surface area contributed by atoms with Gasteiger partial charge in [0.05, 0.1) is 12.8 Å². The molecule has 0 N–H and O–H groups in total. The summed E-state index contributed by atoms with van der Waals surface area (Å²) >= 11 is 0. The highest BCUT2D eigenvalue weighted by molar-refractivity contribution is 5.92. The summed E-state index contributed by atoms with van der Waals surface area (Å²) in [6, 6.07) is 21.7. The van der Waals surface area contributed by atoms with E-state index >= 15 is 0 Å². The van der Waals surface area contributed by atoms with Crippen molar-refractivity contribution in [3.63, 3.8) is 0 Å². The molecule has 5 rings (SSSR count). The third-order valence-corrected chi connectivity index (χ3v) is 8.00. The van der Waals surface area contributed by atoms with E-state index in [1.807, 2.05) is 70.6 Å². The van der Waals surface area contributed by atoms with Crippen molar-refractivity contribution < 1.29 is 19.1 Å². The number of benzene rings is 2. The third-order valence-electron chi connectivity index (χ3n) is 8.00. The number of ether oxygens (including phenoxy) is 2. The largest absolute Gasteiger partial charge is 0.493 e. The van der Waals surface area contributed by atoms with Crippen LogP contribution in [0.3, 0.4) is 0 Å². The standard InChI is InChI=1S/C32H38N4O4/c1-24(37)35-19-17-27-12-9-13-28(36(27)21-26-11-7-8-18-33-26)22-34(20-25-10-3-4-14-29(25)35)32(38)23-40-31-16-6-5-15-30(31)39-2/h3-8,10-11,14-16,18,27-28H,9,12-13,17,19-23H2,1-2H3. The van der Waals surface area contributed by atoms with E-state index in [1.54, 1.807) is 20.1 Å². The third kappa shape index (κ3) is 6.45. The van der Waals surface area contributed by atoms with E-state index in [4.69, 9.17) is 9.47 Å². The molecule has 2 aromatic carbocycles. The minimum absolute atomic E-state index is 0.00714. The number of aromatic nitrogens is 1. The number of fused-ring (bicyclic) bond motifs is 3. The van der Waals surface area contributed by atoms with Gasteiger partial charge in [-0.1, -0.05) is 42.8 Å². The molecule has 2 amide bonds. The minimum atomic E-state index is -0.103. The van der Waals surface area contributed by atoms with Crippen LogP contribution in [0.4, 0.5) is 5.69 Å². The van der Waals surface area contributed by atoms with Crippen molar-refractivity contribution in [2.45, 2.75) is 57.8 Å². The van der Waals surface area contributed by atoms with Crippen LogP contribution in [-0.2, 0) is 22.7 Å². The molecule has 8 heteroatoms. The Bertz CT molecular complexity index is 1300. The maximum Gasteiger partial charge on any atom is 0.260 e. The van der Waals surface area contributed by atoms with E-state index in [-0.39, 0.29) is 30.5 Å². The Labute approximate surface area is 236 Å². The highest BCUT2D eigenvalue weighted by atomic mass is 16.5. The molecule has 1 saturated heterocycles. The molecule has 0 aliphatic carbocycles. The fraction of sp³-hybridized carbons (Fsp3) is 0.406. The quantitative estimate of drug-likeness (QED) is 0.451. The first-order chi connectivity index (χ1) is 19.5. The molecule has 2 bridgehead atoms. The molecule has 2 aliphatic heterocycles. The molecule has 2 aliphatic rings. The van der Waals surface area contributed by atoms with Crippen molar-refractivity contribution in [1.82, 2.24) is 14.8 Å². The van der Waals surface area contributed by atoms with Crippen LogP contribution in [0, 0.1) is 0 Å². The van der Waals surface area contributed by atoms with Crippen molar-refractivity contribution in [3.05, 3.63) is 84.2 Å². The molecule has 210 valence electrons. The number of pyridine rings is 1. The number of anilines is 1. The van der Waals surface area contributed by atoms with Gasteiger partial charge in [0, 0.05) is 57.1 Å². The lowest BCUT2D eigenvalue weighted by molar-refractivity contribution is -0.135. The summed E-state index contributed by atoms with van der Waals surface area (Å²) in [5.74, 6) is 1.03. The van der Waals surface area contributed by atoms with E-state index in [9.17, 15) is 9.59 Å². The zero-order chi connectivity index (χ0) is 27.9. The molecule has 2 atom stereocenters. The summed E-state index contributed by atoms with van der Waals surface area (Å²) in [7, 11) is 1.59. The van der Waals surface area contributed by atoms with Crippen molar-refractivity contribution in [2.24, 2.45) is 0 Å². The van der Waals surface area contributed by atoms with E-state index in [2.05, 4.69) is 16.0 Å². The van der Waals surface area contributed by atoms with E-state index < -0.39 is 0 Å². The van der Waals surface area contributed by atoms with Gasteiger partial charge in [0.2, 0.25) is 5.91 Å². The van der Waals surface area contributed by atoms with Crippen LogP contribution in [0.1, 0.15) is 43.9 Å². The number of rotatable bonds is 6. The first kappa shape index (κ1) is 27.6. The van der Waals surface area contributed by atoms with Gasteiger partial charge in [-0.05, 0) is 55.2 Å². The van der Waals surface area contributed by atoms with Gasteiger partial charge in [-0.2, -0.15) is 0 Å². The van der Waals surface area contributed by atoms with Crippen LogP contribution in [0.25, 0.3) is 0 Å². The van der Waals surface area contributed by atoms with Crippen LogP contribution in [0.15, 0.2) is 72.9 Å². The van der Waals surface area contributed by atoms with Gasteiger partial charge in [-0.3, -0.25) is 19.5 Å². The molecule has 40 heavy (non-hydrogen) atoms. The average Bonchev–Trinajstić information content (AvgIpc) is 2.99. The molecule has 3 heterocycles. The molecule has 3 aromatic rings. The number of amides is 2. The Balaban J connectivity index is 1.47. The topological polar surface area (TPSA) is 75.2 Å². The summed E-state index contributed by atoms with van der Waals surface area (Å²) in [5, 5.41) is 0. The summed E-state index contributed by atoms with van der Waals surface area (Å²) in [5.41, 5.74) is 2.83. The minimum Gasteiger partial charge on any atom is -0.493 e. The zero-order valence-electron chi connectivity index (χ0n) is 23.4. The SMILES string of the molecule is COc1ccccc1OCC(=O)N1Cc2ccccc2N(C(C)=O)CCC2CCCC(C1)N2Cc1ccccn1. The molecule has 0 radical (unpaired) electrons. The van der Waals surface area contributed by atoms with Crippen LogP contribution < -0.4 is 14.4 Å². The van der Waals surface area contributed by atoms with Crippen molar-refractivity contribution >= 4 is 17.5 Å². The average molecular weight is 543 g/mol. The summed E-state index contributed by atoms with van der Waals surface area (Å²) in [6.07, 6.45) is 5.83. The Kier molecular flexibility index (Phi) is 8.96. The predicted octanol–water partition coefficient (Wildman–Crippen LogP) is 4.68. The van der Waals surface area contributed by atoms with E-state index in [1.165, 1.54) is 0 Å². The molecular weight excluding hydrogens is 504 g/mol. The van der Waals surface area contributed by atoms with Crippen LogP contribution >= 0.6 is 0 Å². The van der Waals surface area contributed by atoms with Gasteiger partial charge in [0.15, 0.2) is 18.1 Å². The van der Waals surface area contributed by atoms with Crippen molar-refractivity contribution in [1.29, 1.82) is 0 Å². The predicted molar refractivity (Wildman–Crippen MR) is 154 cm³/mol. The Morgan fingerprint density at radius 2 is 1.68 bits per heavy atom. The first-order valence-electron chi connectivity index (χ1n) is 14.1. The summed E-state index contributed by atoms with van der Waals surface area (Å²) in [6.45, 7) is 3.83. The fourth-order valence-corrected chi connectivity index (χ4v) is 5.98. The summed E-state index contributed by atoms with van der Waals surface area (Å²) < 4.78 is 11.4. The second kappa shape index (κ2) is 13.0. The lowest BCUT2D eigenvalue weighted by atomic mass is 9.92. The van der Waals surface area contributed by atoms with Crippen molar-refractivity contribution in [3.8, 4) is 11.5 Å². The van der Waals surface area contributed by atoms with Crippen LogP contribution in [-0.4, -0.2) is 65.5 Å². The number of piperidine rings is 1. The normalized spacial score (nSPS) is 19.8. The van der Waals surface area contributed by atoms with Gasteiger partial charge in [0.25, 0.3) is 5.91 Å². The van der Waals surface area contributed by atoms with Crippen LogP contribution in [0.2, 0.25) is 0 Å². The fourth-order valence-electron chi connectivity index (χ4n) is 5.98. The van der Waals surface area contributed by atoms with Gasteiger partial charge in [-0.15, -0.1) is 0 Å². The molecule has 2 unspecified atom stereocenters. The number of nitrogens with zero attached hydrogens (tertiary/aromatic N) is 4. The summed E-state index contributed by atoms with van der Waals surface area (Å²) in [4.78, 5) is 37.6. The lowest BCUT2D eigenvalue weighted by Crippen LogP contribution is -2.52. The second-order valence-corrected chi connectivity index (χ2v) is 10.5. The smallest absolute Gasteiger partial charge is 0.260 e. The van der Waals surface area contributed by atoms with E-state index in [0.29, 0.717) is 37.7 Å². The van der Waals surface area contributed by atoms with Crippen LogP contribution in [0.5, 0.6) is 11.5 Å². The second-order valence-electron chi connectivity index (χ2n) is 10.5. The molecule has 0 saturated carbocycles. The number of para-hydroxylation sites is 3. The number of methoxy groups -OCH3 is 1. The molecule has 8 nitrogen and oxygen atoms in total. The van der Waals surface area contributed by atoms with Gasteiger partial charge in [0.1, 0.15) is 0 Å². The van der Waals surface area contributed by atoms with Gasteiger partial charge < -0.3 is 19.3 Å². The molecule has 1 fully saturated rings. The number of carbonyl (C=O) groups is 2. The Morgan fingerprint density at radius 3 is 2.45 bits per heavy atom. The molecule has 0 spiro atoms. The van der Waals surface area contributed by atoms with E-state index in [0.717, 1.165) is 42.6 Å². The number of hydrogen-bond donors (Lipinski definition) is 0. The highest BCUT2D eigenvalue weighted by Gasteiger charge is 2.35.